The van der Waals surface area contributed by atoms with E-state index in [4.69, 9.17) is 55.9 Å². The first-order valence-electron chi connectivity index (χ1n) is 2.82. The quantitative estimate of drug-likeness (QED) is 0.622. The van der Waals surface area contributed by atoms with Gasteiger partial charge in [0.25, 0.3) is 9.04 Å². The fraction of sp³-hybridized carbons (Fsp3) is 1.00. The summed E-state index contributed by atoms with van der Waals surface area (Å²) < 4.78 is 6.55. The molecule has 0 amide bonds. The second kappa shape index (κ2) is 3.30. The summed E-state index contributed by atoms with van der Waals surface area (Å²) in [6.07, 6.45) is 0. The molecular weight excluding hydrogens is 253 g/mol. The Morgan fingerprint density at radius 1 is 0.833 bits per heavy atom. The lowest BCUT2D eigenvalue weighted by molar-refractivity contribution is -0.141. The summed E-state index contributed by atoms with van der Waals surface area (Å²) >= 11 is 22.4. The molecule has 1 aliphatic heterocycles. The average molecular weight is 260 g/mol. The third-order valence-corrected chi connectivity index (χ3v) is 2.85. The van der Waals surface area contributed by atoms with Crippen molar-refractivity contribution in [1.29, 1.82) is 0 Å². The van der Waals surface area contributed by atoms with Crippen molar-refractivity contribution in [3.63, 3.8) is 0 Å². The Bertz CT molecular complexity index is 164. The number of hydrogen-bond donors (Lipinski definition) is 0. The zero-order chi connectivity index (χ0) is 8.91. The molecule has 0 bridgehead atoms. The second-order valence-electron chi connectivity index (χ2n) is 2.64. The predicted molar refractivity (Wildman–Crippen MR) is 47.6 cm³/mol. The lowest BCUT2D eigenvalue weighted by Crippen LogP contribution is -2.31. The van der Waals surface area contributed by atoms with Gasteiger partial charge in [-0.2, -0.15) is 0 Å². The molecule has 74 valence electrons. The Balaban J connectivity index is 0.00000121. The maximum absolute atomic E-state index is 5.60. The van der Waals surface area contributed by atoms with E-state index in [1.165, 1.54) is 0 Å². The van der Waals surface area contributed by atoms with Gasteiger partial charge in [0.05, 0.1) is 0 Å². The van der Waals surface area contributed by atoms with Crippen molar-refractivity contribution in [3.05, 3.63) is 0 Å². The molecule has 7 heteroatoms. The fourth-order valence-electron chi connectivity index (χ4n) is 0.757. The van der Waals surface area contributed by atoms with Crippen LogP contribution in [0.5, 0.6) is 0 Å². The van der Waals surface area contributed by atoms with Crippen molar-refractivity contribution in [3.8, 4) is 0 Å². The van der Waals surface area contributed by atoms with Crippen molar-refractivity contribution in [1.82, 2.24) is 0 Å². The molecule has 0 aromatic rings. The van der Waals surface area contributed by atoms with E-state index in [1.54, 1.807) is 13.8 Å². The van der Waals surface area contributed by atoms with Gasteiger partial charge in [0.2, 0.25) is 0 Å². The third kappa shape index (κ3) is 2.28. The van der Waals surface area contributed by atoms with Crippen molar-refractivity contribution in [2.75, 3.05) is 0 Å². The van der Waals surface area contributed by atoms with Gasteiger partial charge in [-0.3, -0.25) is 4.70 Å². The number of hydrogen-bond acceptors (Lipinski definition) is 2. The summed E-state index contributed by atoms with van der Waals surface area (Å²) in [5.74, 6) is -0.965. The Morgan fingerprint density at radius 2 is 1.08 bits per heavy atom. The van der Waals surface area contributed by atoms with Crippen LogP contribution in [0.15, 0.2) is 0 Å². The fourth-order valence-corrected chi connectivity index (χ4v) is 1.65. The van der Waals surface area contributed by atoms with Gasteiger partial charge in [0.1, 0.15) is 0 Å². The molecule has 1 fully saturated rings. The second-order valence-corrected chi connectivity index (χ2v) is 5.15. The van der Waals surface area contributed by atoms with E-state index in [2.05, 4.69) is 0 Å². The summed E-state index contributed by atoms with van der Waals surface area (Å²) in [7, 11) is 0. The molecular formula is C5H7Cl4FO2. The van der Waals surface area contributed by atoms with E-state index in [1.807, 2.05) is 0 Å². The van der Waals surface area contributed by atoms with E-state index in [0.717, 1.165) is 0 Å². The summed E-state index contributed by atoms with van der Waals surface area (Å²) in [5.41, 5.74) is 0. The van der Waals surface area contributed by atoms with E-state index in [9.17, 15) is 0 Å². The van der Waals surface area contributed by atoms with E-state index in [-0.39, 0.29) is 4.70 Å². The Hall–Kier alpha value is 1.01. The first-order valence-corrected chi connectivity index (χ1v) is 4.33. The molecule has 0 atom stereocenters. The van der Waals surface area contributed by atoms with Crippen LogP contribution in [0.25, 0.3) is 0 Å². The topological polar surface area (TPSA) is 18.5 Å². The van der Waals surface area contributed by atoms with E-state index < -0.39 is 14.8 Å². The molecule has 0 radical (unpaired) electrons. The lowest BCUT2D eigenvalue weighted by Gasteiger charge is -2.19. The minimum atomic E-state index is -1.72. The predicted octanol–water partition coefficient (Wildman–Crippen LogP) is 3.18. The maximum Gasteiger partial charge on any atom is 0.279 e. The van der Waals surface area contributed by atoms with E-state index >= 15 is 0 Å². The maximum atomic E-state index is 5.60. The van der Waals surface area contributed by atoms with Crippen LogP contribution in [-0.4, -0.2) is 14.8 Å². The minimum Gasteiger partial charge on any atom is -0.310 e. The van der Waals surface area contributed by atoms with E-state index in [0.29, 0.717) is 0 Å². The van der Waals surface area contributed by atoms with Crippen LogP contribution < -0.4 is 0 Å². The number of alkyl halides is 4. The highest BCUT2D eigenvalue weighted by atomic mass is 35.5. The number of rotatable bonds is 0. The zero-order valence-corrected chi connectivity index (χ0v) is 9.26. The SMILES string of the molecule is CC1(C)OC(Cl)(Cl)C(Cl)(Cl)O1.F. The van der Waals surface area contributed by atoms with Crippen molar-refractivity contribution in [2.45, 2.75) is 28.7 Å². The van der Waals surface area contributed by atoms with Crippen LogP contribution in [0.2, 0.25) is 0 Å². The van der Waals surface area contributed by atoms with Gasteiger partial charge in [0, 0.05) is 0 Å². The first-order chi connectivity index (χ1) is 4.66. The van der Waals surface area contributed by atoms with Crippen LogP contribution >= 0.6 is 46.4 Å². The molecule has 0 aromatic heterocycles. The normalized spacial score (nSPS) is 29.5. The smallest absolute Gasteiger partial charge is 0.279 e. The first kappa shape index (κ1) is 13.0. The van der Waals surface area contributed by atoms with Gasteiger partial charge in [-0.05, 0) is 13.8 Å². The molecule has 0 aliphatic carbocycles. The van der Waals surface area contributed by atoms with Crippen LogP contribution in [0.3, 0.4) is 0 Å². The molecule has 0 unspecified atom stereocenters. The highest BCUT2D eigenvalue weighted by molar-refractivity contribution is 6.61. The molecule has 1 saturated heterocycles. The largest absolute Gasteiger partial charge is 0.310 e. The van der Waals surface area contributed by atoms with Gasteiger partial charge in [-0.25, -0.2) is 0 Å². The summed E-state index contributed by atoms with van der Waals surface area (Å²) in [6.45, 7) is 3.22. The van der Waals surface area contributed by atoms with Gasteiger partial charge < -0.3 is 9.47 Å². The molecule has 2 nitrogen and oxygen atoms in total. The molecule has 0 saturated carbocycles. The molecule has 1 rings (SSSR count). The molecule has 0 N–H and O–H groups in total. The number of halogens is 5. The highest BCUT2D eigenvalue weighted by Crippen LogP contribution is 2.54. The molecule has 1 heterocycles. The standard InChI is InChI=1S/C5H6Cl4O2.FH/c1-3(2)10-4(6,7)5(8,9)11-3;/h1-2H3;1H. The Morgan fingerprint density at radius 3 is 1.17 bits per heavy atom. The van der Waals surface area contributed by atoms with Crippen LogP contribution in [0, 0.1) is 0 Å². The summed E-state index contributed by atoms with van der Waals surface area (Å²) in [6, 6.07) is 0. The minimum absolute atomic E-state index is 0. The molecule has 0 spiro atoms. The third-order valence-electron chi connectivity index (χ3n) is 1.09. The Kier molecular flexibility index (Phi) is 3.58. The average Bonchev–Trinajstić information content (AvgIpc) is 1.66. The zero-order valence-electron chi connectivity index (χ0n) is 6.24. The summed E-state index contributed by atoms with van der Waals surface area (Å²) in [4.78, 5) is 0. The van der Waals surface area contributed by atoms with Gasteiger partial charge in [0.15, 0.2) is 5.79 Å². The molecule has 0 aromatic carbocycles. The lowest BCUT2D eigenvalue weighted by atomic mass is 10.4. The number of ether oxygens (including phenoxy) is 2. The molecule has 12 heavy (non-hydrogen) atoms. The highest BCUT2D eigenvalue weighted by Gasteiger charge is 2.61. The van der Waals surface area contributed by atoms with Crippen molar-refractivity contribution >= 4 is 46.4 Å². The van der Waals surface area contributed by atoms with Crippen LogP contribution in [0.1, 0.15) is 13.8 Å². The van der Waals surface area contributed by atoms with Crippen molar-refractivity contribution < 1.29 is 14.2 Å². The Labute approximate surface area is 89.4 Å². The van der Waals surface area contributed by atoms with Gasteiger partial charge >= 0.3 is 0 Å². The molecule has 1 aliphatic rings. The monoisotopic (exact) mass is 258 g/mol. The van der Waals surface area contributed by atoms with Crippen molar-refractivity contribution in [2.24, 2.45) is 0 Å². The van der Waals surface area contributed by atoms with Crippen LogP contribution in [-0.2, 0) is 9.47 Å². The van der Waals surface area contributed by atoms with Crippen LogP contribution in [0.4, 0.5) is 4.70 Å². The van der Waals surface area contributed by atoms with Gasteiger partial charge in [-0.15, -0.1) is 0 Å². The van der Waals surface area contributed by atoms with Gasteiger partial charge in [-0.1, -0.05) is 46.4 Å². The summed E-state index contributed by atoms with van der Waals surface area (Å²) in [5, 5.41) is 0.